The molecule has 17 atom stereocenters. The third kappa shape index (κ3) is 34.8. The van der Waals surface area contributed by atoms with E-state index < -0.39 is 124 Å². The zero-order chi connectivity index (χ0) is 66.1. The molecule has 91 heavy (non-hydrogen) atoms. The number of hydrogen-bond donors (Lipinski definition) is 12. The summed E-state index contributed by atoms with van der Waals surface area (Å²) in [6, 6.07) is -0.996. The van der Waals surface area contributed by atoms with Crippen molar-refractivity contribution in [3.8, 4) is 0 Å². The van der Waals surface area contributed by atoms with Crippen molar-refractivity contribution in [2.75, 3.05) is 26.4 Å². The van der Waals surface area contributed by atoms with Crippen LogP contribution in [0.4, 0.5) is 0 Å². The van der Waals surface area contributed by atoms with E-state index in [1.165, 1.54) is 96.3 Å². The van der Waals surface area contributed by atoms with Crippen LogP contribution in [0.15, 0.2) is 97.2 Å². The number of ether oxygens (including phenoxy) is 6. The Balaban J connectivity index is 1.40. The highest BCUT2D eigenvalue weighted by molar-refractivity contribution is 5.76. The van der Waals surface area contributed by atoms with Crippen LogP contribution in [0.2, 0.25) is 0 Å². The number of aliphatic hydroxyl groups is 11. The molecule has 0 saturated carbocycles. The first-order chi connectivity index (χ1) is 44.3. The van der Waals surface area contributed by atoms with Crippen molar-refractivity contribution in [2.45, 2.75) is 324 Å². The Morgan fingerprint density at radius 2 is 0.769 bits per heavy atom. The minimum Gasteiger partial charge on any atom is -0.394 e. The van der Waals surface area contributed by atoms with Crippen LogP contribution in [-0.4, -0.2) is 193 Å². The van der Waals surface area contributed by atoms with E-state index in [-0.39, 0.29) is 18.9 Å². The third-order valence-corrected chi connectivity index (χ3v) is 16.9. The van der Waals surface area contributed by atoms with Crippen LogP contribution >= 0.6 is 0 Å². The Labute approximate surface area is 545 Å². The van der Waals surface area contributed by atoms with E-state index in [2.05, 4.69) is 104 Å². The second-order valence-electron chi connectivity index (χ2n) is 24.6. The molecular weight excluding hydrogens is 1170 g/mol. The van der Waals surface area contributed by atoms with Crippen molar-refractivity contribution in [1.82, 2.24) is 5.32 Å². The Kier molecular flexibility index (Phi) is 47.7. The SMILES string of the molecule is CC/C=C\C/C=C\C/C=C\C/C=C\C/C=C\C/C=C\CCCCCCCCCCCCCCC(=O)NC(COC1OC(CO)C(OC2OC(CO)C(OC3OC(CO)C(O)C(O)C3O)C(O)C2O)C(O)C1O)C(O)/C=C/CC/C=C/CCCCCCCCCCC. The molecule has 0 radical (unpaired) electrons. The van der Waals surface area contributed by atoms with Gasteiger partial charge in [0.1, 0.15) is 73.2 Å². The fourth-order valence-electron chi connectivity index (χ4n) is 11.2. The maximum absolute atomic E-state index is 13.4. The molecule has 3 aliphatic heterocycles. The van der Waals surface area contributed by atoms with Crippen molar-refractivity contribution in [2.24, 2.45) is 0 Å². The number of carbonyl (C=O) groups excluding carboxylic acids is 1. The quantitative estimate of drug-likeness (QED) is 0.0199. The number of allylic oxidation sites excluding steroid dienone is 15. The molecule has 0 aromatic heterocycles. The molecule has 3 aliphatic rings. The van der Waals surface area contributed by atoms with E-state index in [4.69, 9.17) is 28.4 Å². The minimum atomic E-state index is -1.98. The summed E-state index contributed by atoms with van der Waals surface area (Å²) >= 11 is 0. The zero-order valence-electron chi connectivity index (χ0n) is 55.3. The van der Waals surface area contributed by atoms with E-state index in [1.807, 2.05) is 6.08 Å². The first-order valence-electron chi connectivity index (χ1n) is 35.0. The standard InChI is InChI=1S/C72H123NO18/c1-3-5-7-9-11-13-15-17-19-20-21-22-23-24-25-26-27-28-29-30-31-32-33-34-36-38-40-42-44-46-48-50-60(78)73-55(56(77)49-47-45-43-41-39-37-35-18-16-14-12-10-8-6-4-2)54-86-70-66(84)63(81)68(58(52-75)88-70)91-72-67(85)64(82)69(59(53-76)89-72)90-71-65(83)62(80)61(79)57(51-74)87-71/h5,7,11,13,17,19,21-22,24-25,27-28,39,41,47,49,55-59,61-72,74-77,79-85H,3-4,6,8-10,12,14-16,18,20,23,26,29-38,40,42-46,48,50-54H2,1-2H3,(H,73,78)/b7-5-,13-11-,19-17-,22-21-,25-24-,28-27-,41-39+,49-47+. The van der Waals surface area contributed by atoms with Gasteiger partial charge in [0.25, 0.3) is 0 Å². The smallest absolute Gasteiger partial charge is 0.220 e. The summed E-state index contributed by atoms with van der Waals surface area (Å²) in [7, 11) is 0. The van der Waals surface area contributed by atoms with Gasteiger partial charge in [0.05, 0.1) is 38.6 Å². The van der Waals surface area contributed by atoms with Crippen molar-refractivity contribution in [3.63, 3.8) is 0 Å². The summed E-state index contributed by atoms with van der Waals surface area (Å²) < 4.78 is 34.3. The Morgan fingerprint density at radius 1 is 0.407 bits per heavy atom. The number of nitrogens with one attached hydrogen (secondary N) is 1. The topological polar surface area (TPSA) is 307 Å². The second-order valence-corrected chi connectivity index (χ2v) is 24.6. The molecule has 17 unspecified atom stereocenters. The largest absolute Gasteiger partial charge is 0.394 e. The summed E-state index contributed by atoms with van der Waals surface area (Å²) in [5.74, 6) is -0.292. The van der Waals surface area contributed by atoms with Gasteiger partial charge in [0, 0.05) is 6.42 Å². The van der Waals surface area contributed by atoms with E-state index in [0.29, 0.717) is 12.8 Å². The first kappa shape index (κ1) is 81.9. The molecule has 12 N–H and O–H groups in total. The fourth-order valence-corrected chi connectivity index (χ4v) is 11.2. The van der Waals surface area contributed by atoms with Crippen LogP contribution in [0.5, 0.6) is 0 Å². The van der Waals surface area contributed by atoms with Crippen LogP contribution in [0.3, 0.4) is 0 Å². The molecule has 19 nitrogen and oxygen atoms in total. The first-order valence-corrected chi connectivity index (χ1v) is 35.0. The summed E-state index contributed by atoms with van der Waals surface area (Å²) in [5, 5.41) is 120. The van der Waals surface area contributed by atoms with Crippen LogP contribution in [0.25, 0.3) is 0 Å². The van der Waals surface area contributed by atoms with Gasteiger partial charge in [0.15, 0.2) is 18.9 Å². The molecule has 524 valence electrons. The normalized spacial score (nSPS) is 28.5. The lowest BCUT2D eigenvalue weighted by Gasteiger charge is -2.48. The molecule has 3 fully saturated rings. The van der Waals surface area contributed by atoms with Crippen molar-refractivity contribution in [3.05, 3.63) is 97.2 Å². The second kappa shape index (κ2) is 52.9. The van der Waals surface area contributed by atoms with Crippen LogP contribution in [-0.2, 0) is 33.2 Å². The number of carbonyl (C=O) groups is 1. The third-order valence-electron chi connectivity index (χ3n) is 16.9. The monoisotopic (exact) mass is 1290 g/mol. The van der Waals surface area contributed by atoms with E-state index in [9.17, 15) is 61.0 Å². The van der Waals surface area contributed by atoms with Gasteiger partial charge in [-0.3, -0.25) is 4.79 Å². The highest BCUT2D eigenvalue weighted by Crippen LogP contribution is 2.33. The molecular formula is C72H123NO18. The number of aliphatic hydroxyl groups excluding tert-OH is 11. The van der Waals surface area contributed by atoms with Gasteiger partial charge in [-0.1, -0.05) is 227 Å². The molecule has 0 bridgehead atoms. The van der Waals surface area contributed by atoms with Gasteiger partial charge < -0.3 is 89.9 Å². The van der Waals surface area contributed by atoms with Gasteiger partial charge in [-0.2, -0.15) is 0 Å². The van der Waals surface area contributed by atoms with E-state index >= 15 is 0 Å². The Hall–Kier alpha value is -3.29. The molecule has 0 spiro atoms. The average Bonchev–Trinajstić information content (AvgIpc) is 0.876. The zero-order valence-corrected chi connectivity index (χ0v) is 55.3. The number of amides is 1. The lowest BCUT2D eigenvalue weighted by Crippen LogP contribution is -2.66. The molecule has 1 amide bonds. The molecule has 0 aromatic carbocycles. The van der Waals surface area contributed by atoms with E-state index in [1.54, 1.807) is 6.08 Å². The lowest BCUT2D eigenvalue weighted by molar-refractivity contribution is -0.379. The van der Waals surface area contributed by atoms with Crippen molar-refractivity contribution < 1.29 is 89.4 Å². The van der Waals surface area contributed by atoms with Crippen molar-refractivity contribution >= 4 is 5.91 Å². The maximum atomic E-state index is 13.4. The Morgan fingerprint density at radius 3 is 1.23 bits per heavy atom. The van der Waals surface area contributed by atoms with Crippen molar-refractivity contribution in [1.29, 1.82) is 0 Å². The fraction of sp³-hybridized carbons (Fsp3) is 0.764. The molecule has 0 aromatic rings. The summed E-state index contributed by atoms with van der Waals surface area (Å²) in [6.45, 7) is 1.58. The van der Waals surface area contributed by atoms with Gasteiger partial charge in [-0.15, -0.1) is 0 Å². The summed E-state index contributed by atoms with van der Waals surface area (Å²) in [4.78, 5) is 13.4. The number of unbranched alkanes of at least 4 members (excludes halogenated alkanes) is 22. The highest BCUT2D eigenvalue weighted by Gasteiger charge is 2.53. The lowest BCUT2D eigenvalue weighted by atomic mass is 9.96. The van der Waals surface area contributed by atoms with Crippen LogP contribution < -0.4 is 5.32 Å². The highest BCUT2D eigenvalue weighted by atomic mass is 16.8. The average molecular weight is 1290 g/mol. The summed E-state index contributed by atoms with van der Waals surface area (Å²) in [6.07, 6.45) is 42.4. The van der Waals surface area contributed by atoms with Gasteiger partial charge >= 0.3 is 0 Å². The van der Waals surface area contributed by atoms with E-state index in [0.717, 1.165) is 89.9 Å². The molecule has 19 heteroatoms. The maximum Gasteiger partial charge on any atom is 0.220 e. The number of hydrogen-bond acceptors (Lipinski definition) is 18. The van der Waals surface area contributed by atoms with Gasteiger partial charge in [0.2, 0.25) is 5.91 Å². The van der Waals surface area contributed by atoms with Crippen LogP contribution in [0.1, 0.15) is 219 Å². The van der Waals surface area contributed by atoms with Gasteiger partial charge in [-0.05, 0) is 83.5 Å². The molecule has 3 heterocycles. The molecule has 3 rings (SSSR count). The van der Waals surface area contributed by atoms with Crippen LogP contribution in [0, 0.1) is 0 Å². The van der Waals surface area contributed by atoms with Gasteiger partial charge in [-0.25, -0.2) is 0 Å². The molecule has 0 aliphatic carbocycles. The minimum absolute atomic E-state index is 0.227. The molecule has 3 saturated heterocycles. The summed E-state index contributed by atoms with van der Waals surface area (Å²) in [5.41, 5.74) is 0. The predicted octanol–water partition coefficient (Wildman–Crippen LogP) is 9.27. The predicted molar refractivity (Wildman–Crippen MR) is 355 cm³/mol. The Bertz CT molecular complexity index is 2030. The number of rotatable bonds is 52.